The second kappa shape index (κ2) is 7.14. The van der Waals surface area contributed by atoms with Crippen LogP contribution in [0.15, 0.2) is 41.5 Å². The molecule has 0 bridgehead atoms. The van der Waals surface area contributed by atoms with Crippen LogP contribution in [0.4, 0.5) is 4.39 Å². The number of nitrogens with zero attached hydrogens (tertiary/aromatic N) is 5. The van der Waals surface area contributed by atoms with Crippen LogP contribution in [0.3, 0.4) is 0 Å². The highest BCUT2D eigenvalue weighted by Gasteiger charge is 2.51. The normalized spacial score (nSPS) is 17.0. The Hall–Kier alpha value is -3.77. The predicted octanol–water partition coefficient (Wildman–Crippen LogP) is 1.93. The number of likely N-dealkylation sites (tertiary alicyclic amines) is 2. The average molecular weight is 432 g/mol. The number of amides is 1. The van der Waals surface area contributed by atoms with Gasteiger partial charge in [-0.25, -0.2) is 14.1 Å². The summed E-state index contributed by atoms with van der Waals surface area (Å²) in [6.45, 7) is 5.10. The molecule has 0 unspecified atom stereocenters. The number of H-pyrrole nitrogens is 1. The maximum absolute atomic E-state index is 14.3. The van der Waals surface area contributed by atoms with Gasteiger partial charge in [0.15, 0.2) is 5.82 Å². The lowest BCUT2D eigenvalue weighted by atomic mass is 9.73. The third kappa shape index (κ3) is 3.03. The summed E-state index contributed by atoms with van der Waals surface area (Å²) < 4.78 is 15.6. The zero-order chi connectivity index (χ0) is 22.6. The Morgan fingerprint density at radius 3 is 2.56 bits per heavy atom. The second-order valence-corrected chi connectivity index (χ2v) is 8.78. The molecule has 2 saturated heterocycles. The summed E-state index contributed by atoms with van der Waals surface area (Å²) in [4.78, 5) is 34.0. The molecule has 1 N–H and O–H groups in total. The van der Waals surface area contributed by atoms with Crippen LogP contribution >= 0.6 is 0 Å². The number of benzene rings is 1. The quantitative estimate of drug-likeness (QED) is 0.682. The van der Waals surface area contributed by atoms with Gasteiger partial charge < -0.3 is 9.80 Å². The number of aromatic nitrogens is 3. The number of nitriles is 1. The minimum Gasteiger partial charge on any atom is -0.337 e. The van der Waals surface area contributed by atoms with Crippen molar-refractivity contribution < 1.29 is 9.18 Å². The summed E-state index contributed by atoms with van der Waals surface area (Å²) >= 11 is 0. The van der Waals surface area contributed by atoms with Gasteiger partial charge in [0.1, 0.15) is 11.9 Å². The van der Waals surface area contributed by atoms with E-state index in [9.17, 15) is 14.0 Å². The van der Waals surface area contributed by atoms with E-state index in [-0.39, 0.29) is 28.0 Å². The molecule has 5 rings (SSSR count). The maximum atomic E-state index is 14.3. The third-order valence-corrected chi connectivity index (χ3v) is 6.34. The van der Waals surface area contributed by atoms with E-state index in [0.29, 0.717) is 16.9 Å². The zero-order valence-electron chi connectivity index (χ0n) is 17.7. The Morgan fingerprint density at radius 2 is 1.94 bits per heavy atom. The fraction of sp³-hybridized carbons (Fsp3) is 0.304. The fourth-order valence-electron chi connectivity index (χ4n) is 4.83. The van der Waals surface area contributed by atoms with Crippen molar-refractivity contribution in [1.82, 2.24) is 24.6 Å². The van der Waals surface area contributed by atoms with E-state index >= 15 is 0 Å². The standard InChI is InChI=1S/C23H21FN6O2/c1-14-17(5-3-15(7-25)20(14)24)18-9-27-30(22(18)32)19-6-4-16(8-26-19)21(31)29-12-23(13-29)10-28(2)11-23/h3-6,8-9,27H,10-13H2,1-2H3. The summed E-state index contributed by atoms with van der Waals surface area (Å²) in [5.41, 5.74) is 1.16. The number of carbonyl (C=O) groups excluding carboxylic acids is 1. The van der Waals surface area contributed by atoms with Crippen LogP contribution in [-0.4, -0.2) is 63.7 Å². The van der Waals surface area contributed by atoms with Crippen LogP contribution in [0.2, 0.25) is 0 Å². The molecule has 2 fully saturated rings. The third-order valence-electron chi connectivity index (χ3n) is 6.34. The van der Waals surface area contributed by atoms with Crippen LogP contribution in [-0.2, 0) is 0 Å². The summed E-state index contributed by atoms with van der Waals surface area (Å²) in [5, 5.41) is 11.8. The summed E-state index contributed by atoms with van der Waals surface area (Å²) in [7, 11) is 2.07. The first-order valence-corrected chi connectivity index (χ1v) is 10.3. The van der Waals surface area contributed by atoms with Crippen LogP contribution < -0.4 is 5.56 Å². The first-order valence-electron chi connectivity index (χ1n) is 10.3. The van der Waals surface area contributed by atoms with E-state index < -0.39 is 11.4 Å². The van der Waals surface area contributed by atoms with E-state index in [0.717, 1.165) is 26.2 Å². The molecule has 3 aromatic rings. The maximum Gasteiger partial charge on any atom is 0.280 e. The molecular formula is C23H21FN6O2. The van der Waals surface area contributed by atoms with Gasteiger partial charge in [0, 0.05) is 44.0 Å². The molecule has 162 valence electrons. The zero-order valence-corrected chi connectivity index (χ0v) is 17.7. The smallest absolute Gasteiger partial charge is 0.280 e. The molecule has 2 aliphatic rings. The molecule has 0 aliphatic carbocycles. The first-order chi connectivity index (χ1) is 15.3. The number of pyridine rings is 1. The summed E-state index contributed by atoms with van der Waals surface area (Å²) in [6.07, 6.45) is 2.95. The van der Waals surface area contributed by atoms with Crippen LogP contribution in [0.1, 0.15) is 21.5 Å². The Bertz CT molecular complexity index is 1320. The van der Waals surface area contributed by atoms with Crippen molar-refractivity contribution in [3.63, 3.8) is 0 Å². The van der Waals surface area contributed by atoms with Gasteiger partial charge in [-0.15, -0.1) is 0 Å². The van der Waals surface area contributed by atoms with E-state index in [4.69, 9.17) is 5.26 Å². The van der Waals surface area contributed by atoms with Crippen LogP contribution in [0.25, 0.3) is 16.9 Å². The molecule has 1 amide bonds. The minimum atomic E-state index is -0.639. The van der Waals surface area contributed by atoms with Gasteiger partial charge in [-0.3, -0.25) is 14.7 Å². The number of aromatic amines is 1. The lowest BCUT2D eigenvalue weighted by molar-refractivity contribution is -0.0872. The van der Waals surface area contributed by atoms with Crippen LogP contribution in [0.5, 0.6) is 0 Å². The minimum absolute atomic E-state index is 0.0626. The highest BCUT2D eigenvalue weighted by Crippen LogP contribution is 2.39. The number of hydrogen-bond acceptors (Lipinski definition) is 5. The molecule has 1 spiro atoms. The number of hydrogen-bond donors (Lipinski definition) is 1. The van der Waals surface area contributed by atoms with Crippen molar-refractivity contribution in [3.05, 3.63) is 69.5 Å². The van der Waals surface area contributed by atoms with Crippen molar-refractivity contribution in [3.8, 4) is 23.0 Å². The molecule has 9 heteroatoms. The lowest BCUT2D eigenvalue weighted by Gasteiger charge is -2.59. The molecule has 2 aliphatic heterocycles. The highest BCUT2D eigenvalue weighted by molar-refractivity contribution is 5.94. The van der Waals surface area contributed by atoms with Crippen molar-refractivity contribution in [2.45, 2.75) is 6.92 Å². The number of halogens is 1. The van der Waals surface area contributed by atoms with E-state index in [2.05, 4.69) is 22.0 Å². The summed E-state index contributed by atoms with van der Waals surface area (Å²) in [6, 6.07) is 7.97. The Morgan fingerprint density at radius 1 is 1.19 bits per heavy atom. The van der Waals surface area contributed by atoms with Gasteiger partial charge in [0.2, 0.25) is 0 Å². The number of nitrogens with one attached hydrogen (secondary N) is 1. The van der Waals surface area contributed by atoms with Crippen molar-refractivity contribution in [2.75, 3.05) is 33.2 Å². The predicted molar refractivity (Wildman–Crippen MR) is 115 cm³/mol. The molecule has 0 saturated carbocycles. The molecule has 2 aromatic heterocycles. The van der Waals surface area contributed by atoms with Gasteiger partial charge in [-0.05, 0) is 43.3 Å². The van der Waals surface area contributed by atoms with Crippen molar-refractivity contribution >= 4 is 5.91 Å². The summed E-state index contributed by atoms with van der Waals surface area (Å²) in [5.74, 6) is -0.378. The molecule has 0 atom stereocenters. The van der Waals surface area contributed by atoms with Crippen molar-refractivity contribution in [2.24, 2.45) is 5.41 Å². The van der Waals surface area contributed by atoms with E-state index in [1.54, 1.807) is 24.3 Å². The molecule has 1 aromatic carbocycles. The first kappa shape index (κ1) is 20.2. The van der Waals surface area contributed by atoms with Gasteiger partial charge in [0.25, 0.3) is 11.5 Å². The molecule has 8 nitrogen and oxygen atoms in total. The van der Waals surface area contributed by atoms with Gasteiger partial charge in [-0.1, -0.05) is 6.07 Å². The monoisotopic (exact) mass is 432 g/mol. The number of rotatable bonds is 3. The van der Waals surface area contributed by atoms with Crippen molar-refractivity contribution in [1.29, 1.82) is 5.26 Å². The van der Waals surface area contributed by atoms with Gasteiger partial charge in [-0.2, -0.15) is 5.26 Å². The lowest BCUT2D eigenvalue weighted by Crippen LogP contribution is -2.72. The average Bonchev–Trinajstić information content (AvgIpc) is 3.12. The van der Waals surface area contributed by atoms with Gasteiger partial charge in [0.05, 0.1) is 16.7 Å². The second-order valence-electron chi connectivity index (χ2n) is 8.78. The topological polar surface area (TPSA) is 98.0 Å². The molecular weight excluding hydrogens is 411 g/mol. The molecule has 0 radical (unpaired) electrons. The Labute approximate surface area is 183 Å². The fourth-order valence-corrected chi connectivity index (χ4v) is 4.83. The van der Waals surface area contributed by atoms with Crippen LogP contribution in [0, 0.1) is 29.5 Å². The van der Waals surface area contributed by atoms with Gasteiger partial charge >= 0.3 is 0 Å². The molecule has 4 heterocycles. The Balaban J connectivity index is 1.36. The largest absolute Gasteiger partial charge is 0.337 e. The Kier molecular flexibility index (Phi) is 4.50. The highest BCUT2D eigenvalue weighted by atomic mass is 19.1. The van der Waals surface area contributed by atoms with E-state index in [1.165, 1.54) is 30.1 Å². The SMILES string of the molecule is Cc1c(-c2c[nH]n(-c3ccc(C(=O)N4CC5(CN(C)C5)C4)cn3)c2=O)ccc(C#N)c1F. The van der Waals surface area contributed by atoms with E-state index in [1.807, 2.05) is 4.90 Å². The number of carbonyl (C=O) groups is 1. The molecule has 32 heavy (non-hydrogen) atoms.